The maximum atomic E-state index is 11.1. The van der Waals surface area contributed by atoms with E-state index in [-0.39, 0.29) is 6.42 Å². The number of halogens is 1. The normalized spacial score (nSPS) is 10.7. The Morgan fingerprint density at radius 2 is 2.29 bits per heavy atom. The molecule has 1 aromatic carbocycles. The van der Waals surface area contributed by atoms with Crippen LogP contribution >= 0.6 is 11.6 Å². The van der Waals surface area contributed by atoms with E-state index in [0.29, 0.717) is 11.6 Å². The molecule has 0 amide bonds. The van der Waals surface area contributed by atoms with Gasteiger partial charge in [0.15, 0.2) is 0 Å². The van der Waals surface area contributed by atoms with Gasteiger partial charge in [-0.15, -0.1) is 0 Å². The molecule has 2 aromatic rings. The molecule has 0 bridgehead atoms. The van der Waals surface area contributed by atoms with E-state index < -0.39 is 5.97 Å². The summed E-state index contributed by atoms with van der Waals surface area (Å²) < 4.78 is 1.94. The third kappa shape index (κ3) is 2.58. The Bertz CT molecular complexity index is 538. The molecule has 1 heterocycles. The number of benzene rings is 1. The summed E-state index contributed by atoms with van der Waals surface area (Å²) >= 11 is 6.05. The number of aromatic nitrogens is 1. The van der Waals surface area contributed by atoms with Crippen LogP contribution in [0.15, 0.2) is 30.5 Å². The van der Waals surface area contributed by atoms with E-state index >= 15 is 0 Å². The maximum absolute atomic E-state index is 11.1. The van der Waals surface area contributed by atoms with Crippen LogP contribution < -0.4 is 11.4 Å². The molecule has 3 N–H and O–H groups in total. The minimum Gasteiger partial charge on any atom is -0.356 e. The molecule has 2 rings (SSSR count). The van der Waals surface area contributed by atoms with Gasteiger partial charge in [-0.3, -0.25) is 4.79 Å². The zero-order chi connectivity index (χ0) is 12.3. The van der Waals surface area contributed by atoms with Gasteiger partial charge in [0.05, 0.1) is 6.42 Å². The molecule has 0 aliphatic heterocycles. The Kier molecular flexibility index (Phi) is 3.63. The van der Waals surface area contributed by atoms with Crippen LogP contribution in [0, 0.1) is 0 Å². The van der Waals surface area contributed by atoms with Gasteiger partial charge in [-0.1, -0.05) is 23.3 Å². The average molecular weight is 254 g/mol. The van der Waals surface area contributed by atoms with Gasteiger partial charge in [0.2, 0.25) is 0 Å². The Hall–Kier alpha value is -1.56. The van der Waals surface area contributed by atoms with Crippen molar-refractivity contribution in [1.29, 1.82) is 0 Å². The topological polar surface area (TPSA) is 69.3 Å². The maximum Gasteiger partial charge on any atom is 0.328 e. The summed E-state index contributed by atoms with van der Waals surface area (Å²) in [5.74, 6) is 4.47. The molecule has 0 radical (unpaired) electrons. The third-order valence-corrected chi connectivity index (χ3v) is 2.82. The Labute approximate surface area is 103 Å². The number of nitrogens with zero attached hydrogens (tertiary/aromatic N) is 1. The van der Waals surface area contributed by atoms with Crippen molar-refractivity contribution in [3.8, 4) is 0 Å². The monoisotopic (exact) mass is 253 g/mol. The standard InChI is InChI=1S/C11H12ClN3O2/c12-9-2-1-3-10-8(9)4-6-15(10)7-5-11(16)17-14-13/h1-4,6,14H,5,7,13H2. The first-order chi connectivity index (χ1) is 8.22. The van der Waals surface area contributed by atoms with Gasteiger partial charge in [-0.2, -0.15) is 0 Å². The zero-order valence-corrected chi connectivity index (χ0v) is 9.78. The second kappa shape index (κ2) is 5.18. The number of aryl methyl sites for hydroxylation is 1. The highest BCUT2D eigenvalue weighted by Crippen LogP contribution is 2.24. The molecule has 90 valence electrons. The zero-order valence-electron chi connectivity index (χ0n) is 9.02. The van der Waals surface area contributed by atoms with E-state index in [9.17, 15) is 4.79 Å². The average Bonchev–Trinajstić information content (AvgIpc) is 2.72. The molecule has 1 aromatic heterocycles. The summed E-state index contributed by atoms with van der Waals surface area (Å²) in [6.45, 7) is 0.518. The van der Waals surface area contributed by atoms with E-state index in [4.69, 9.17) is 17.4 Å². The Morgan fingerprint density at radius 1 is 1.47 bits per heavy atom. The van der Waals surface area contributed by atoms with Gasteiger partial charge in [-0.25, -0.2) is 5.84 Å². The van der Waals surface area contributed by atoms with E-state index in [2.05, 4.69) is 4.84 Å². The highest BCUT2D eigenvalue weighted by Gasteiger charge is 2.06. The van der Waals surface area contributed by atoms with Crippen LogP contribution in [0.2, 0.25) is 5.02 Å². The van der Waals surface area contributed by atoms with E-state index in [0.717, 1.165) is 10.9 Å². The molecule has 17 heavy (non-hydrogen) atoms. The van der Waals surface area contributed by atoms with Crippen molar-refractivity contribution < 1.29 is 9.63 Å². The first-order valence-electron chi connectivity index (χ1n) is 5.11. The van der Waals surface area contributed by atoms with Crippen molar-refractivity contribution in [1.82, 2.24) is 10.2 Å². The molecule has 0 unspecified atom stereocenters. The van der Waals surface area contributed by atoms with Crippen LogP contribution in [0.25, 0.3) is 10.9 Å². The van der Waals surface area contributed by atoms with Gasteiger partial charge in [-0.05, 0) is 18.2 Å². The summed E-state index contributed by atoms with van der Waals surface area (Å²) in [6, 6.07) is 7.58. The van der Waals surface area contributed by atoms with Crippen LogP contribution in [0.3, 0.4) is 0 Å². The fourth-order valence-corrected chi connectivity index (χ4v) is 1.94. The number of nitrogens with two attached hydrogens (primary N) is 1. The molecular formula is C11H12ClN3O2. The lowest BCUT2D eigenvalue weighted by Crippen LogP contribution is -2.26. The summed E-state index contributed by atoms with van der Waals surface area (Å²) in [5, 5.41) is 1.67. The summed E-state index contributed by atoms with van der Waals surface area (Å²) in [6.07, 6.45) is 2.13. The van der Waals surface area contributed by atoms with Gasteiger partial charge in [0.25, 0.3) is 0 Å². The predicted molar refractivity (Wildman–Crippen MR) is 65.0 cm³/mol. The number of carbonyl (C=O) groups excluding carboxylic acids is 1. The van der Waals surface area contributed by atoms with Crippen molar-refractivity contribution in [2.24, 2.45) is 5.84 Å². The molecule has 0 saturated carbocycles. The number of hydrogen-bond acceptors (Lipinski definition) is 4. The van der Waals surface area contributed by atoms with Gasteiger partial charge in [0.1, 0.15) is 0 Å². The van der Waals surface area contributed by atoms with Gasteiger partial charge < -0.3 is 9.40 Å². The van der Waals surface area contributed by atoms with Crippen LogP contribution in [0.1, 0.15) is 6.42 Å². The molecule has 5 nitrogen and oxygen atoms in total. The number of rotatable bonds is 4. The molecule has 0 fully saturated rings. The fourth-order valence-electron chi connectivity index (χ4n) is 1.71. The minimum atomic E-state index is -0.406. The first-order valence-corrected chi connectivity index (χ1v) is 5.49. The number of hydrazine groups is 1. The quantitative estimate of drug-likeness (QED) is 0.642. The van der Waals surface area contributed by atoms with Crippen molar-refractivity contribution in [3.05, 3.63) is 35.5 Å². The van der Waals surface area contributed by atoms with Crippen LogP contribution in [-0.2, 0) is 16.2 Å². The van der Waals surface area contributed by atoms with Crippen LogP contribution in [0.4, 0.5) is 0 Å². The van der Waals surface area contributed by atoms with Crippen molar-refractivity contribution in [3.63, 3.8) is 0 Å². The molecule has 0 aliphatic carbocycles. The van der Waals surface area contributed by atoms with E-state index in [1.807, 2.05) is 40.6 Å². The highest BCUT2D eigenvalue weighted by molar-refractivity contribution is 6.35. The van der Waals surface area contributed by atoms with Crippen molar-refractivity contribution in [2.75, 3.05) is 0 Å². The molecule has 6 heteroatoms. The number of carbonyl (C=O) groups is 1. The predicted octanol–water partition coefficient (Wildman–Crippen LogP) is 1.61. The minimum absolute atomic E-state index is 0.237. The van der Waals surface area contributed by atoms with E-state index in [1.54, 1.807) is 0 Å². The van der Waals surface area contributed by atoms with Gasteiger partial charge in [0, 0.05) is 28.7 Å². The second-order valence-electron chi connectivity index (χ2n) is 3.52. The number of fused-ring (bicyclic) bond motifs is 1. The largest absolute Gasteiger partial charge is 0.356 e. The Balaban J connectivity index is 2.14. The number of nitrogens with one attached hydrogen (secondary N) is 1. The second-order valence-corrected chi connectivity index (χ2v) is 3.93. The molecule has 0 atom stereocenters. The summed E-state index contributed by atoms with van der Waals surface area (Å²) in [5.41, 5.74) is 2.86. The van der Waals surface area contributed by atoms with Crippen molar-refractivity contribution in [2.45, 2.75) is 13.0 Å². The molecular weight excluding hydrogens is 242 g/mol. The fraction of sp³-hybridized carbons (Fsp3) is 0.182. The third-order valence-electron chi connectivity index (χ3n) is 2.49. The van der Waals surface area contributed by atoms with Crippen LogP contribution in [-0.4, -0.2) is 10.5 Å². The Morgan fingerprint density at radius 3 is 3.06 bits per heavy atom. The van der Waals surface area contributed by atoms with E-state index in [1.165, 1.54) is 0 Å². The molecule has 0 spiro atoms. The smallest absolute Gasteiger partial charge is 0.328 e. The summed E-state index contributed by atoms with van der Waals surface area (Å²) in [4.78, 5) is 15.6. The number of hydrogen-bond donors (Lipinski definition) is 2. The molecule has 0 aliphatic rings. The van der Waals surface area contributed by atoms with Gasteiger partial charge >= 0.3 is 5.97 Å². The SMILES string of the molecule is NNOC(=O)CCn1ccc2c(Cl)cccc21. The highest BCUT2D eigenvalue weighted by atomic mass is 35.5. The lowest BCUT2D eigenvalue weighted by molar-refractivity contribution is -0.151. The lowest BCUT2D eigenvalue weighted by atomic mass is 10.2. The molecule has 0 saturated heterocycles. The van der Waals surface area contributed by atoms with Crippen LogP contribution in [0.5, 0.6) is 0 Å². The van der Waals surface area contributed by atoms with Crippen molar-refractivity contribution >= 4 is 28.5 Å². The summed E-state index contributed by atoms with van der Waals surface area (Å²) in [7, 11) is 0. The first kappa shape index (κ1) is 11.9. The lowest BCUT2D eigenvalue weighted by Gasteiger charge is -2.05.